The van der Waals surface area contributed by atoms with E-state index < -0.39 is 21.8 Å². The SMILES string of the molecule is O=C(O)c1c(NS(=O)(=O)c2ccc(F)cc2Br)ccc2c1OCc1occc1-2. The van der Waals surface area contributed by atoms with E-state index in [1.807, 2.05) is 0 Å². The zero-order valence-electron chi connectivity index (χ0n) is 13.9. The summed E-state index contributed by atoms with van der Waals surface area (Å²) < 4.78 is 51.8. The lowest BCUT2D eigenvalue weighted by atomic mass is 9.98. The summed E-state index contributed by atoms with van der Waals surface area (Å²) in [6.45, 7) is 0.0231. The second kappa shape index (κ2) is 6.64. The van der Waals surface area contributed by atoms with E-state index in [-0.39, 0.29) is 33.0 Å². The van der Waals surface area contributed by atoms with Crippen LogP contribution in [0.25, 0.3) is 11.1 Å². The van der Waals surface area contributed by atoms with Crippen molar-refractivity contribution in [2.45, 2.75) is 11.5 Å². The number of benzene rings is 2. The molecule has 2 N–H and O–H groups in total. The molecule has 0 amide bonds. The molecule has 3 aromatic rings. The highest BCUT2D eigenvalue weighted by atomic mass is 79.9. The van der Waals surface area contributed by atoms with Crippen LogP contribution < -0.4 is 9.46 Å². The third-order valence-corrected chi connectivity index (χ3v) is 6.52. The monoisotopic (exact) mass is 467 g/mol. The Morgan fingerprint density at radius 2 is 1.96 bits per heavy atom. The number of anilines is 1. The normalized spacial score (nSPS) is 12.6. The van der Waals surface area contributed by atoms with Gasteiger partial charge in [-0.15, -0.1) is 0 Å². The van der Waals surface area contributed by atoms with Gasteiger partial charge in [0.05, 0.1) is 12.0 Å². The van der Waals surface area contributed by atoms with E-state index >= 15 is 0 Å². The fourth-order valence-electron chi connectivity index (χ4n) is 2.97. The van der Waals surface area contributed by atoms with E-state index in [4.69, 9.17) is 9.15 Å². The second-order valence-corrected chi connectivity index (χ2v) is 8.40. The zero-order valence-corrected chi connectivity index (χ0v) is 16.3. The summed E-state index contributed by atoms with van der Waals surface area (Å²) in [5, 5.41) is 9.68. The fourth-order valence-corrected chi connectivity index (χ4v) is 5.09. The maximum atomic E-state index is 13.3. The van der Waals surface area contributed by atoms with Crippen molar-refractivity contribution in [3.8, 4) is 16.9 Å². The molecule has 0 aliphatic carbocycles. The number of halogens is 2. The van der Waals surface area contributed by atoms with E-state index in [9.17, 15) is 22.7 Å². The van der Waals surface area contributed by atoms with Gasteiger partial charge < -0.3 is 14.3 Å². The van der Waals surface area contributed by atoms with Crippen molar-refractivity contribution in [2.24, 2.45) is 0 Å². The minimum atomic E-state index is -4.19. The smallest absolute Gasteiger partial charge is 0.341 e. The minimum Gasteiger partial charge on any atom is -0.484 e. The van der Waals surface area contributed by atoms with Gasteiger partial charge in [-0.2, -0.15) is 0 Å². The predicted molar refractivity (Wildman–Crippen MR) is 100 cm³/mol. The van der Waals surface area contributed by atoms with Crippen molar-refractivity contribution in [1.82, 2.24) is 0 Å². The van der Waals surface area contributed by atoms with Gasteiger partial charge in [-0.3, -0.25) is 4.72 Å². The van der Waals surface area contributed by atoms with E-state index in [1.165, 1.54) is 12.3 Å². The van der Waals surface area contributed by atoms with E-state index in [1.54, 1.807) is 12.1 Å². The highest BCUT2D eigenvalue weighted by Crippen LogP contribution is 2.43. The number of carbonyl (C=O) groups is 1. The molecule has 0 spiro atoms. The highest BCUT2D eigenvalue weighted by molar-refractivity contribution is 9.10. The highest BCUT2D eigenvalue weighted by Gasteiger charge is 2.29. The van der Waals surface area contributed by atoms with Gasteiger partial charge in [0, 0.05) is 15.6 Å². The summed E-state index contributed by atoms with van der Waals surface area (Å²) >= 11 is 3.01. The Labute approximate surface area is 166 Å². The molecule has 0 radical (unpaired) electrons. The van der Waals surface area contributed by atoms with Gasteiger partial charge in [-0.25, -0.2) is 17.6 Å². The van der Waals surface area contributed by atoms with Gasteiger partial charge in [-0.1, -0.05) is 0 Å². The van der Waals surface area contributed by atoms with Crippen molar-refractivity contribution in [3.05, 3.63) is 64.3 Å². The number of sulfonamides is 1. The first-order valence-electron chi connectivity index (χ1n) is 7.85. The van der Waals surface area contributed by atoms with Crippen molar-refractivity contribution >= 4 is 37.6 Å². The number of furan rings is 1. The lowest BCUT2D eigenvalue weighted by Crippen LogP contribution is -2.18. The molecule has 7 nitrogen and oxygen atoms in total. The minimum absolute atomic E-state index is 0.00845. The molecule has 1 aliphatic heterocycles. The van der Waals surface area contributed by atoms with Gasteiger partial charge in [-0.05, 0) is 52.3 Å². The first kappa shape index (κ1) is 18.5. The van der Waals surface area contributed by atoms with Crippen LogP contribution >= 0.6 is 15.9 Å². The zero-order chi connectivity index (χ0) is 20.1. The topological polar surface area (TPSA) is 106 Å². The molecular formula is C18H11BrFNO6S. The van der Waals surface area contributed by atoms with Crippen LogP contribution in [0.4, 0.5) is 10.1 Å². The molecule has 2 aromatic carbocycles. The van der Waals surface area contributed by atoms with E-state index in [0.29, 0.717) is 16.9 Å². The van der Waals surface area contributed by atoms with Gasteiger partial charge in [0.15, 0.2) is 0 Å². The Bertz CT molecular complexity index is 1220. The predicted octanol–water partition coefficient (Wildman–Crippen LogP) is 4.24. The van der Waals surface area contributed by atoms with Crippen LogP contribution in [0.1, 0.15) is 16.1 Å². The third-order valence-electron chi connectivity index (χ3n) is 4.18. The fraction of sp³-hybridized carbons (Fsp3) is 0.0556. The molecule has 0 fully saturated rings. The van der Waals surface area contributed by atoms with Crippen molar-refractivity contribution in [1.29, 1.82) is 0 Å². The molecular weight excluding hydrogens is 457 g/mol. The molecule has 2 heterocycles. The average molecular weight is 468 g/mol. The van der Waals surface area contributed by atoms with Crippen LogP contribution in [0.5, 0.6) is 5.75 Å². The Hall–Kier alpha value is -2.85. The number of carboxylic acids is 1. The summed E-state index contributed by atoms with van der Waals surface area (Å²) in [5.41, 5.74) is 0.665. The molecule has 0 saturated heterocycles. The van der Waals surface area contributed by atoms with Crippen LogP contribution in [0.3, 0.4) is 0 Å². The summed E-state index contributed by atoms with van der Waals surface area (Å²) in [7, 11) is -4.19. The lowest BCUT2D eigenvalue weighted by molar-refractivity contribution is 0.0692. The van der Waals surface area contributed by atoms with Gasteiger partial charge in [0.2, 0.25) is 0 Å². The molecule has 4 rings (SSSR count). The number of ether oxygens (including phenoxy) is 1. The maximum Gasteiger partial charge on any atom is 0.341 e. The number of nitrogens with one attached hydrogen (secondary N) is 1. The molecule has 1 aliphatic rings. The van der Waals surface area contributed by atoms with Gasteiger partial charge in [0.25, 0.3) is 10.0 Å². The van der Waals surface area contributed by atoms with E-state index in [0.717, 1.165) is 18.2 Å². The molecule has 10 heteroatoms. The van der Waals surface area contributed by atoms with Crippen LogP contribution in [0, 0.1) is 5.82 Å². The van der Waals surface area contributed by atoms with Crippen molar-refractivity contribution in [2.75, 3.05) is 4.72 Å². The largest absolute Gasteiger partial charge is 0.484 e. The molecule has 0 bridgehead atoms. The van der Waals surface area contributed by atoms with Crippen LogP contribution in [-0.4, -0.2) is 19.5 Å². The molecule has 0 unspecified atom stereocenters. The number of rotatable bonds is 4. The first-order valence-corrected chi connectivity index (χ1v) is 10.1. The number of aromatic carboxylic acids is 1. The van der Waals surface area contributed by atoms with Crippen molar-refractivity contribution < 1.29 is 31.9 Å². The van der Waals surface area contributed by atoms with Gasteiger partial charge >= 0.3 is 5.97 Å². The molecule has 28 heavy (non-hydrogen) atoms. The molecule has 1 aromatic heterocycles. The lowest BCUT2D eigenvalue weighted by Gasteiger charge is -2.21. The number of carboxylic acid groups (broad SMARTS) is 1. The summed E-state index contributed by atoms with van der Waals surface area (Å²) in [6, 6.07) is 7.64. The summed E-state index contributed by atoms with van der Waals surface area (Å²) in [4.78, 5) is 11.6. The number of hydrogen-bond donors (Lipinski definition) is 2. The van der Waals surface area contributed by atoms with Crippen LogP contribution in [0.2, 0.25) is 0 Å². The molecule has 0 atom stereocenters. The number of fused-ring (bicyclic) bond motifs is 3. The Morgan fingerprint density at radius 3 is 2.68 bits per heavy atom. The van der Waals surface area contributed by atoms with Gasteiger partial charge in [0.1, 0.15) is 34.4 Å². The first-order chi connectivity index (χ1) is 13.3. The number of hydrogen-bond acceptors (Lipinski definition) is 5. The van der Waals surface area contributed by atoms with Crippen molar-refractivity contribution in [3.63, 3.8) is 0 Å². The maximum absolute atomic E-state index is 13.3. The Kier molecular flexibility index (Phi) is 4.39. The Morgan fingerprint density at radius 1 is 1.18 bits per heavy atom. The summed E-state index contributed by atoms with van der Waals surface area (Å²) in [5.74, 6) is -1.39. The summed E-state index contributed by atoms with van der Waals surface area (Å²) in [6.07, 6.45) is 1.46. The van der Waals surface area contributed by atoms with E-state index in [2.05, 4.69) is 20.7 Å². The second-order valence-electron chi connectivity index (χ2n) is 5.90. The average Bonchev–Trinajstić information content (AvgIpc) is 3.09. The molecule has 0 saturated carbocycles. The molecule has 144 valence electrons. The third kappa shape index (κ3) is 3.04. The Balaban J connectivity index is 1.82. The standard InChI is InChI=1S/C18H11BrFNO6S/c19-12-7-9(20)1-4-15(12)28(24,25)21-13-3-2-11-10-5-6-26-14(10)8-27-17(11)16(13)18(22)23/h1-7,21H,8H2,(H,22,23). The quantitative estimate of drug-likeness (QED) is 0.594. The van der Waals surface area contributed by atoms with Crippen LogP contribution in [-0.2, 0) is 16.6 Å². The van der Waals surface area contributed by atoms with Crippen LogP contribution in [0.15, 0.2) is 56.4 Å².